The second-order valence-electron chi connectivity index (χ2n) is 16.0. The third kappa shape index (κ3) is 10.8. The number of ether oxygens (including phenoxy) is 4. The standard InChI is InChI=1S/C40H59N5O4Si2/c1-9-47-22-21-35-38(32-15-18-34(46-2)19-16-32)43-39-36(33-17-20-37(41-27-33)31-13-11-10-12-14-31)28-42-45(39)40(35)44(29-48-23-25-50(3,4)5)30-49-24-26-51(6,7)8/h10-14,17,20-22,27-28,32,34H,9,15-16,18-19,23-26,29-30H2,1-8H3/b22-21-/t32-,34+. The Morgan fingerprint density at radius 3 is 2.08 bits per heavy atom. The van der Waals surface area contributed by atoms with E-state index in [-0.39, 0.29) is 12.0 Å². The fraction of sp³-hybridized carbons (Fsp3) is 0.525. The molecule has 1 saturated carbocycles. The summed E-state index contributed by atoms with van der Waals surface area (Å²) in [6, 6.07) is 16.6. The number of anilines is 1. The Morgan fingerprint density at radius 1 is 0.843 bits per heavy atom. The number of benzene rings is 1. The summed E-state index contributed by atoms with van der Waals surface area (Å²) in [6.45, 7) is 19.0. The minimum atomic E-state index is -1.28. The summed E-state index contributed by atoms with van der Waals surface area (Å²) in [5.74, 6) is 1.16. The molecule has 4 aromatic rings. The van der Waals surface area contributed by atoms with E-state index in [0.717, 1.165) is 82.9 Å². The summed E-state index contributed by atoms with van der Waals surface area (Å²) >= 11 is 0. The Bertz CT molecular complexity index is 1670. The lowest BCUT2D eigenvalue weighted by molar-refractivity contribution is 0.0655. The zero-order valence-electron chi connectivity index (χ0n) is 32.2. The quantitative estimate of drug-likeness (QED) is 0.0434. The van der Waals surface area contributed by atoms with Gasteiger partial charge in [-0.1, -0.05) is 75.7 Å². The average Bonchev–Trinajstić information content (AvgIpc) is 3.54. The summed E-state index contributed by atoms with van der Waals surface area (Å²) in [4.78, 5) is 12.5. The Morgan fingerprint density at radius 2 is 1.51 bits per heavy atom. The van der Waals surface area contributed by atoms with Crippen molar-refractivity contribution in [1.29, 1.82) is 0 Å². The zero-order valence-corrected chi connectivity index (χ0v) is 34.2. The molecule has 0 saturated heterocycles. The van der Waals surface area contributed by atoms with Crippen LogP contribution in [0, 0.1) is 0 Å². The van der Waals surface area contributed by atoms with Crippen LogP contribution in [0.4, 0.5) is 5.82 Å². The van der Waals surface area contributed by atoms with Crippen molar-refractivity contribution in [1.82, 2.24) is 19.6 Å². The van der Waals surface area contributed by atoms with E-state index in [4.69, 9.17) is 34.0 Å². The first-order chi connectivity index (χ1) is 24.5. The van der Waals surface area contributed by atoms with Crippen molar-refractivity contribution in [2.24, 2.45) is 0 Å². The number of aromatic nitrogens is 4. The van der Waals surface area contributed by atoms with Gasteiger partial charge in [0.25, 0.3) is 0 Å². The van der Waals surface area contributed by atoms with Gasteiger partial charge in [-0.15, -0.1) is 0 Å². The molecule has 0 radical (unpaired) electrons. The maximum Gasteiger partial charge on any atom is 0.165 e. The lowest BCUT2D eigenvalue weighted by atomic mass is 9.83. The SMILES string of the molecule is CCO/C=C\c1c(N(COCC[Si](C)(C)C)COCC[Si](C)(C)C)n2ncc(-c3ccc(-c4ccccc4)nc3)c2nc1[C@H]1CC[C@@H](OC)CC1. The molecule has 1 aliphatic rings. The van der Waals surface area contributed by atoms with Gasteiger partial charge in [0.1, 0.15) is 19.3 Å². The molecule has 51 heavy (non-hydrogen) atoms. The number of fused-ring (bicyclic) bond motifs is 1. The van der Waals surface area contributed by atoms with Gasteiger partial charge in [-0.05, 0) is 56.8 Å². The lowest BCUT2D eigenvalue weighted by Crippen LogP contribution is -2.34. The van der Waals surface area contributed by atoms with E-state index >= 15 is 0 Å². The molecule has 5 rings (SSSR count). The van der Waals surface area contributed by atoms with Crippen LogP contribution < -0.4 is 4.90 Å². The van der Waals surface area contributed by atoms with Gasteiger partial charge in [-0.25, -0.2) is 4.98 Å². The van der Waals surface area contributed by atoms with Crippen LogP contribution >= 0.6 is 0 Å². The summed E-state index contributed by atoms with van der Waals surface area (Å²) in [5, 5.41) is 5.02. The number of hydrogen-bond acceptors (Lipinski definition) is 8. The second kappa shape index (κ2) is 17.9. The Labute approximate surface area is 307 Å². The normalized spacial score (nSPS) is 17.0. The first kappa shape index (κ1) is 38.9. The van der Waals surface area contributed by atoms with Crippen molar-refractivity contribution in [2.45, 2.75) is 96.0 Å². The molecule has 276 valence electrons. The van der Waals surface area contributed by atoms with Crippen LogP contribution in [0.1, 0.15) is 49.8 Å². The van der Waals surface area contributed by atoms with E-state index in [1.54, 1.807) is 6.26 Å². The van der Waals surface area contributed by atoms with E-state index < -0.39 is 16.1 Å². The molecule has 0 amide bonds. The van der Waals surface area contributed by atoms with Crippen molar-refractivity contribution in [3.8, 4) is 22.4 Å². The molecule has 1 aliphatic carbocycles. The van der Waals surface area contributed by atoms with Gasteiger partial charge in [0.05, 0.1) is 36.6 Å². The molecule has 1 aromatic carbocycles. The number of methoxy groups -OCH3 is 1. The number of nitrogens with zero attached hydrogens (tertiary/aromatic N) is 5. The monoisotopic (exact) mass is 729 g/mol. The van der Waals surface area contributed by atoms with E-state index in [1.807, 2.05) is 49.1 Å². The van der Waals surface area contributed by atoms with Gasteiger partial charge in [0, 0.05) is 70.8 Å². The number of hydrogen-bond donors (Lipinski definition) is 0. The van der Waals surface area contributed by atoms with Gasteiger partial charge >= 0.3 is 0 Å². The van der Waals surface area contributed by atoms with Gasteiger partial charge in [0.2, 0.25) is 0 Å². The molecule has 0 unspecified atom stereocenters. The molecule has 0 N–H and O–H groups in total. The van der Waals surface area contributed by atoms with E-state index in [0.29, 0.717) is 33.3 Å². The van der Waals surface area contributed by atoms with Gasteiger partial charge in [0.15, 0.2) is 5.65 Å². The summed E-state index contributed by atoms with van der Waals surface area (Å²) in [6.07, 6.45) is 12.0. The van der Waals surface area contributed by atoms with Gasteiger partial charge < -0.3 is 23.8 Å². The third-order valence-electron chi connectivity index (χ3n) is 9.51. The molecular weight excluding hydrogens is 671 g/mol. The Kier molecular flexibility index (Phi) is 13.7. The minimum absolute atomic E-state index is 0.255. The summed E-state index contributed by atoms with van der Waals surface area (Å²) in [7, 11) is -0.737. The highest BCUT2D eigenvalue weighted by molar-refractivity contribution is 6.76. The van der Waals surface area contributed by atoms with Crippen molar-refractivity contribution < 1.29 is 18.9 Å². The van der Waals surface area contributed by atoms with E-state index in [1.165, 1.54) is 0 Å². The molecule has 1 fully saturated rings. The molecular formula is C40H59N5O4Si2. The van der Waals surface area contributed by atoms with Crippen molar-refractivity contribution in [3.05, 3.63) is 72.4 Å². The van der Waals surface area contributed by atoms with Crippen LogP contribution in [0.15, 0.2) is 61.1 Å². The summed E-state index contributed by atoms with van der Waals surface area (Å²) < 4.78 is 26.5. The van der Waals surface area contributed by atoms with Crippen molar-refractivity contribution in [2.75, 3.05) is 45.3 Å². The molecule has 0 aliphatic heterocycles. The fourth-order valence-electron chi connectivity index (χ4n) is 6.37. The van der Waals surface area contributed by atoms with Gasteiger partial charge in [-0.3, -0.25) is 4.98 Å². The van der Waals surface area contributed by atoms with Crippen molar-refractivity contribution >= 4 is 33.7 Å². The third-order valence-corrected chi connectivity index (χ3v) is 12.9. The van der Waals surface area contributed by atoms with Crippen LogP contribution in [-0.2, 0) is 18.9 Å². The smallest absolute Gasteiger partial charge is 0.165 e. The first-order valence-electron chi connectivity index (χ1n) is 18.6. The van der Waals surface area contributed by atoms with E-state index in [9.17, 15) is 0 Å². The van der Waals surface area contributed by atoms with Crippen LogP contribution in [0.3, 0.4) is 0 Å². The van der Waals surface area contributed by atoms with Crippen molar-refractivity contribution in [3.63, 3.8) is 0 Å². The van der Waals surface area contributed by atoms with Crippen LogP contribution in [0.2, 0.25) is 51.4 Å². The molecule has 3 heterocycles. The fourth-order valence-corrected chi connectivity index (χ4v) is 7.88. The maximum absolute atomic E-state index is 6.46. The molecule has 11 heteroatoms. The molecule has 9 nitrogen and oxygen atoms in total. The lowest BCUT2D eigenvalue weighted by Gasteiger charge is -2.31. The highest BCUT2D eigenvalue weighted by atomic mass is 28.3. The maximum atomic E-state index is 6.46. The summed E-state index contributed by atoms with van der Waals surface area (Å²) in [5.41, 5.74) is 6.77. The average molecular weight is 730 g/mol. The van der Waals surface area contributed by atoms with Gasteiger partial charge in [-0.2, -0.15) is 9.61 Å². The highest BCUT2D eigenvalue weighted by Gasteiger charge is 2.30. The topological polar surface area (TPSA) is 83.2 Å². The van der Waals surface area contributed by atoms with Crippen LogP contribution in [0.25, 0.3) is 34.1 Å². The van der Waals surface area contributed by atoms with E-state index in [2.05, 4.69) is 74.5 Å². The molecule has 0 bridgehead atoms. The predicted molar refractivity (Wildman–Crippen MR) is 215 cm³/mol. The zero-order chi connectivity index (χ0) is 36.4. The minimum Gasteiger partial charge on any atom is -0.501 e. The largest absolute Gasteiger partial charge is 0.501 e. The van der Waals surface area contributed by atoms with Crippen LogP contribution in [-0.4, -0.2) is 82.2 Å². The predicted octanol–water partition coefficient (Wildman–Crippen LogP) is 9.57. The van der Waals surface area contributed by atoms with Crippen LogP contribution in [0.5, 0.6) is 0 Å². The second-order valence-corrected chi connectivity index (χ2v) is 27.3. The molecule has 0 atom stereocenters. The molecule has 0 spiro atoms. The highest BCUT2D eigenvalue weighted by Crippen LogP contribution is 2.40. The Hall–Kier alpha value is -3.36. The number of rotatable bonds is 18. The molecule has 3 aromatic heterocycles. The first-order valence-corrected chi connectivity index (χ1v) is 26.0. The Balaban J connectivity index is 1.63. The number of pyridine rings is 1.